The molecule has 0 saturated carbocycles. The minimum atomic E-state index is -5.99. The first-order valence-corrected chi connectivity index (χ1v) is 11.6. The van der Waals surface area contributed by atoms with E-state index in [9.17, 15) is 35.5 Å². The molecule has 2 aromatic carbocycles. The molecule has 0 bridgehead atoms. The van der Waals surface area contributed by atoms with Gasteiger partial charge in [-0.1, -0.05) is 17.7 Å². The maximum Gasteiger partial charge on any atom is 0.459 e. The summed E-state index contributed by atoms with van der Waals surface area (Å²) >= 11 is 6.01. The summed E-state index contributed by atoms with van der Waals surface area (Å²) in [6, 6.07) is 9.79. The molecule has 0 radical (unpaired) electrons. The van der Waals surface area contributed by atoms with E-state index in [1.807, 2.05) is 0 Å². The van der Waals surface area contributed by atoms with Gasteiger partial charge in [-0.15, -0.1) is 0 Å². The summed E-state index contributed by atoms with van der Waals surface area (Å²) in [5.41, 5.74) is -2.66. The molecule has 40 heavy (non-hydrogen) atoms. The fourth-order valence-electron chi connectivity index (χ4n) is 3.78. The van der Waals surface area contributed by atoms with Crippen molar-refractivity contribution in [1.29, 1.82) is 0 Å². The number of alkyl halides is 5. The number of amides is 1. The van der Waals surface area contributed by atoms with Crippen LogP contribution in [0.15, 0.2) is 67.0 Å². The molecular weight excluding hydrogens is 569 g/mol. The normalized spacial score (nSPS) is 12.2. The van der Waals surface area contributed by atoms with Crippen LogP contribution in [0.4, 0.5) is 36.4 Å². The van der Waals surface area contributed by atoms with Gasteiger partial charge in [0.25, 0.3) is 5.91 Å². The standard InChI is InChI=1S/C25H14ClF7N6O/c26-17-2-1-3-18(28)16(17)12-38-11-15(10-34-38)35-23(40)20-9-22-36-19(13-4-6-14(27)7-5-13)8-21(39(22)37-20)24(29,30)25(31,32)33/h1-11H,12H2,(H,35,40). The van der Waals surface area contributed by atoms with Crippen LogP contribution in [0, 0.1) is 11.6 Å². The van der Waals surface area contributed by atoms with Crippen molar-refractivity contribution in [3.63, 3.8) is 0 Å². The second-order valence-electron chi connectivity index (χ2n) is 8.49. The number of carbonyl (C=O) groups is 1. The first-order chi connectivity index (χ1) is 18.8. The number of hydrogen-bond acceptors (Lipinski definition) is 4. The minimum absolute atomic E-state index is 0.0534. The summed E-state index contributed by atoms with van der Waals surface area (Å²) in [4.78, 5) is 16.9. The lowest BCUT2D eigenvalue weighted by molar-refractivity contribution is -0.291. The summed E-state index contributed by atoms with van der Waals surface area (Å²) in [6.07, 6.45) is -3.47. The van der Waals surface area contributed by atoms with Crippen LogP contribution in [0.5, 0.6) is 0 Å². The zero-order valence-corrected chi connectivity index (χ0v) is 20.5. The number of anilines is 1. The van der Waals surface area contributed by atoms with Crippen LogP contribution in [-0.4, -0.2) is 36.5 Å². The summed E-state index contributed by atoms with van der Waals surface area (Å²) in [5.74, 6) is -7.58. The molecule has 1 N–H and O–H groups in total. The van der Waals surface area contributed by atoms with Crippen LogP contribution >= 0.6 is 11.6 Å². The number of hydrogen-bond donors (Lipinski definition) is 1. The van der Waals surface area contributed by atoms with Gasteiger partial charge < -0.3 is 5.32 Å². The highest BCUT2D eigenvalue weighted by molar-refractivity contribution is 6.31. The van der Waals surface area contributed by atoms with Gasteiger partial charge in [-0.25, -0.2) is 18.3 Å². The number of fused-ring (bicyclic) bond motifs is 1. The van der Waals surface area contributed by atoms with E-state index in [0.717, 1.165) is 30.3 Å². The molecule has 206 valence electrons. The summed E-state index contributed by atoms with van der Waals surface area (Å²) in [6.45, 7) is -0.0816. The largest absolute Gasteiger partial charge is 0.459 e. The summed E-state index contributed by atoms with van der Waals surface area (Å²) < 4.78 is 97.9. The number of rotatable bonds is 6. The third-order valence-electron chi connectivity index (χ3n) is 5.75. The van der Waals surface area contributed by atoms with Crippen LogP contribution in [0.2, 0.25) is 5.02 Å². The Bertz CT molecular complexity index is 1710. The van der Waals surface area contributed by atoms with Crippen LogP contribution in [0.3, 0.4) is 0 Å². The molecule has 0 saturated heterocycles. The molecule has 1 amide bonds. The second kappa shape index (κ2) is 9.93. The zero-order chi connectivity index (χ0) is 28.8. The number of aromatic nitrogens is 5. The molecule has 0 spiro atoms. The van der Waals surface area contributed by atoms with Gasteiger partial charge in [0.05, 0.1) is 24.1 Å². The van der Waals surface area contributed by atoms with Crippen molar-refractivity contribution in [2.75, 3.05) is 5.32 Å². The molecule has 7 nitrogen and oxygen atoms in total. The average Bonchev–Trinajstić information content (AvgIpc) is 3.52. The summed E-state index contributed by atoms with van der Waals surface area (Å²) in [7, 11) is 0. The maximum atomic E-state index is 14.5. The van der Waals surface area contributed by atoms with E-state index >= 15 is 0 Å². The molecule has 0 fully saturated rings. The number of benzene rings is 2. The SMILES string of the molecule is O=C(Nc1cnn(Cc2c(F)cccc2Cl)c1)c1cc2nc(-c3ccc(F)cc3)cc(C(F)(F)C(F)(F)F)n2n1. The monoisotopic (exact) mass is 582 g/mol. The van der Waals surface area contributed by atoms with E-state index < -0.39 is 46.7 Å². The molecule has 15 heteroatoms. The highest BCUT2D eigenvalue weighted by Crippen LogP contribution is 2.44. The molecule has 0 unspecified atom stereocenters. The van der Waals surface area contributed by atoms with Gasteiger partial charge in [-0.05, 0) is 42.5 Å². The van der Waals surface area contributed by atoms with E-state index in [1.165, 1.54) is 35.3 Å². The fraction of sp³-hybridized carbons (Fsp3) is 0.120. The van der Waals surface area contributed by atoms with Crippen molar-refractivity contribution in [2.45, 2.75) is 18.6 Å². The van der Waals surface area contributed by atoms with Crippen molar-refractivity contribution in [3.8, 4) is 11.3 Å². The Kier molecular flexibility index (Phi) is 6.74. The topological polar surface area (TPSA) is 77.1 Å². The Morgan fingerprint density at radius 2 is 1.73 bits per heavy atom. The predicted octanol–water partition coefficient (Wildman–Crippen LogP) is 6.48. The molecule has 3 aromatic heterocycles. The zero-order valence-electron chi connectivity index (χ0n) is 19.7. The van der Waals surface area contributed by atoms with Crippen molar-refractivity contribution in [3.05, 3.63) is 101 Å². The van der Waals surface area contributed by atoms with Crippen LogP contribution in [-0.2, 0) is 12.5 Å². The van der Waals surface area contributed by atoms with Gasteiger partial charge in [0.15, 0.2) is 11.3 Å². The number of carbonyl (C=O) groups excluding carboxylic acids is 1. The van der Waals surface area contributed by atoms with Gasteiger partial charge >= 0.3 is 12.1 Å². The Morgan fingerprint density at radius 1 is 1.00 bits per heavy atom. The molecule has 5 aromatic rings. The van der Waals surface area contributed by atoms with Gasteiger partial charge in [-0.2, -0.15) is 32.1 Å². The Hall–Kier alpha value is -4.46. The fourth-order valence-corrected chi connectivity index (χ4v) is 4.00. The first-order valence-electron chi connectivity index (χ1n) is 11.2. The van der Waals surface area contributed by atoms with Gasteiger partial charge in [0, 0.05) is 28.4 Å². The van der Waals surface area contributed by atoms with Crippen molar-refractivity contribution in [1.82, 2.24) is 24.4 Å². The van der Waals surface area contributed by atoms with E-state index in [0.29, 0.717) is 6.07 Å². The summed E-state index contributed by atoms with van der Waals surface area (Å²) in [5, 5.41) is 10.2. The molecule has 0 aliphatic carbocycles. The molecule has 0 aliphatic rings. The van der Waals surface area contributed by atoms with Crippen molar-refractivity contribution >= 4 is 28.8 Å². The molecule has 3 heterocycles. The van der Waals surface area contributed by atoms with Gasteiger partial charge in [-0.3, -0.25) is 9.48 Å². The third-order valence-corrected chi connectivity index (χ3v) is 6.10. The highest BCUT2D eigenvalue weighted by atomic mass is 35.5. The van der Waals surface area contributed by atoms with Gasteiger partial charge in [0.2, 0.25) is 0 Å². The number of nitrogens with one attached hydrogen (secondary N) is 1. The van der Waals surface area contributed by atoms with E-state index in [1.54, 1.807) is 0 Å². The van der Waals surface area contributed by atoms with Crippen molar-refractivity contribution < 1.29 is 35.5 Å². The van der Waals surface area contributed by atoms with Crippen LogP contribution in [0.1, 0.15) is 21.7 Å². The number of halogens is 8. The van der Waals surface area contributed by atoms with Crippen molar-refractivity contribution in [2.24, 2.45) is 0 Å². The predicted molar refractivity (Wildman–Crippen MR) is 129 cm³/mol. The number of nitrogens with zero attached hydrogens (tertiary/aromatic N) is 5. The minimum Gasteiger partial charge on any atom is -0.318 e. The van der Waals surface area contributed by atoms with E-state index in [2.05, 4.69) is 20.5 Å². The highest BCUT2D eigenvalue weighted by Gasteiger charge is 2.60. The first kappa shape index (κ1) is 27.1. The van der Waals surface area contributed by atoms with E-state index in [4.69, 9.17) is 11.6 Å². The lowest BCUT2D eigenvalue weighted by Crippen LogP contribution is -2.36. The van der Waals surface area contributed by atoms with Crippen LogP contribution < -0.4 is 5.32 Å². The van der Waals surface area contributed by atoms with E-state index in [-0.39, 0.29) is 38.6 Å². The Balaban J connectivity index is 1.48. The van der Waals surface area contributed by atoms with Crippen LogP contribution in [0.25, 0.3) is 16.9 Å². The Morgan fingerprint density at radius 3 is 2.40 bits per heavy atom. The molecule has 0 aliphatic heterocycles. The lowest BCUT2D eigenvalue weighted by Gasteiger charge is -2.21. The molecular formula is C25H14ClF7N6O. The lowest BCUT2D eigenvalue weighted by atomic mass is 10.1. The third kappa shape index (κ3) is 5.09. The van der Waals surface area contributed by atoms with Gasteiger partial charge in [0.1, 0.15) is 17.3 Å². The molecule has 5 rings (SSSR count). The smallest absolute Gasteiger partial charge is 0.318 e. The Labute approximate surface area is 224 Å². The maximum absolute atomic E-state index is 14.5. The second-order valence-corrected chi connectivity index (χ2v) is 8.89. The quantitative estimate of drug-likeness (QED) is 0.233. The molecule has 0 atom stereocenters. The average molecular weight is 583 g/mol.